The summed E-state index contributed by atoms with van der Waals surface area (Å²) < 4.78 is 12.5. The zero-order chi connectivity index (χ0) is 17.6. The number of hydrogen-bond acceptors (Lipinski definition) is 6. The molecule has 2 aliphatic rings. The number of ketones is 1. The topological polar surface area (TPSA) is 91.0 Å². The Kier molecular flexibility index (Phi) is 3.96. The van der Waals surface area contributed by atoms with Gasteiger partial charge >= 0.3 is 0 Å². The standard InChI is InChI=1S/C18H19N3O4/c1-20-13-6-11(8-19)15(22)7-12(13)17(18(23)16-10-25-16)14(20)9-21-2-4-24-5-3-21/h6-7,16,22H,2-5,9-10H2,1H3. The Morgan fingerprint density at radius 2 is 2.12 bits per heavy atom. The average Bonchev–Trinajstić information content (AvgIpc) is 3.43. The minimum absolute atomic E-state index is 0.0574. The van der Waals surface area contributed by atoms with E-state index in [0.29, 0.717) is 37.3 Å². The maximum atomic E-state index is 12.8. The van der Waals surface area contributed by atoms with Crippen LogP contribution in [0.1, 0.15) is 21.6 Å². The van der Waals surface area contributed by atoms with Gasteiger partial charge in [0.2, 0.25) is 0 Å². The molecule has 0 saturated carbocycles. The first-order valence-corrected chi connectivity index (χ1v) is 8.30. The molecule has 2 aromatic rings. The molecule has 2 fully saturated rings. The van der Waals surface area contributed by atoms with Crippen molar-refractivity contribution in [3.8, 4) is 11.8 Å². The molecule has 2 saturated heterocycles. The van der Waals surface area contributed by atoms with Gasteiger partial charge in [0.1, 0.15) is 17.9 Å². The second-order valence-corrected chi connectivity index (χ2v) is 6.45. The monoisotopic (exact) mass is 341 g/mol. The van der Waals surface area contributed by atoms with Gasteiger partial charge in [-0.05, 0) is 12.1 Å². The molecule has 1 aromatic heterocycles. The zero-order valence-corrected chi connectivity index (χ0v) is 14.0. The smallest absolute Gasteiger partial charge is 0.196 e. The van der Waals surface area contributed by atoms with Gasteiger partial charge in [-0.3, -0.25) is 9.69 Å². The minimum atomic E-state index is -0.396. The summed E-state index contributed by atoms with van der Waals surface area (Å²) >= 11 is 0. The van der Waals surface area contributed by atoms with E-state index in [1.165, 1.54) is 6.07 Å². The molecular formula is C18H19N3O4. The molecule has 0 amide bonds. The fourth-order valence-corrected chi connectivity index (χ4v) is 3.40. The first-order chi connectivity index (χ1) is 12.1. The summed E-state index contributed by atoms with van der Waals surface area (Å²) in [6.07, 6.45) is -0.396. The Balaban J connectivity index is 1.86. The maximum absolute atomic E-state index is 12.8. The maximum Gasteiger partial charge on any atom is 0.196 e. The highest BCUT2D eigenvalue weighted by molar-refractivity contribution is 6.12. The first kappa shape index (κ1) is 16.1. The van der Waals surface area contributed by atoms with Crippen molar-refractivity contribution in [2.75, 3.05) is 32.9 Å². The number of benzene rings is 1. The van der Waals surface area contributed by atoms with Gasteiger partial charge in [0, 0.05) is 37.8 Å². The summed E-state index contributed by atoms with van der Waals surface area (Å²) in [5.41, 5.74) is 2.44. The number of Topliss-reactive ketones (excluding diaryl/α,β-unsaturated/α-hetero) is 1. The number of carbonyl (C=O) groups is 1. The lowest BCUT2D eigenvalue weighted by atomic mass is 10.0. The number of aryl methyl sites for hydroxylation is 1. The molecule has 1 aromatic carbocycles. The van der Waals surface area contributed by atoms with Gasteiger partial charge in [-0.1, -0.05) is 0 Å². The molecule has 1 atom stereocenters. The molecule has 4 rings (SSSR count). The second-order valence-electron chi connectivity index (χ2n) is 6.45. The highest BCUT2D eigenvalue weighted by Crippen LogP contribution is 2.34. The van der Waals surface area contributed by atoms with Crippen molar-refractivity contribution < 1.29 is 19.4 Å². The number of hydrogen-bond donors (Lipinski definition) is 1. The molecule has 1 N–H and O–H groups in total. The molecule has 0 spiro atoms. The fourth-order valence-electron chi connectivity index (χ4n) is 3.40. The molecule has 7 heteroatoms. The van der Waals surface area contributed by atoms with Crippen LogP contribution in [0.5, 0.6) is 5.75 Å². The van der Waals surface area contributed by atoms with Crippen LogP contribution in [0.2, 0.25) is 0 Å². The summed E-state index contributed by atoms with van der Waals surface area (Å²) in [7, 11) is 1.89. The number of carbonyl (C=O) groups excluding carboxylic acids is 1. The number of phenolic OH excluding ortho intramolecular Hbond substituents is 1. The number of nitriles is 1. The van der Waals surface area contributed by atoms with Crippen LogP contribution in [0, 0.1) is 11.3 Å². The average molecular weight is 341 g/mol. The summed E-state index contributed by atoms with van der Waals surface area (Å²) in [5.74, 6) is -0.165. The number of aromatic hydroxyl groups is 1. The lowest BCUT2D eigenvalue weighted by Crippen LogP contribution is -2.36. The molecule has 7 nitrogen and oxygen atoms in total. The number of morpholine rings is 1. The Morgan fingerprint density at radius 3 is 2.76 bits per heavy atom. The van der Waals surface area contributed by atoms with E-state index in [0.717, 1.165) is 24.3 Å². The summed E-state index contributed by atoms with van der Waals surface area (Å²) in [4.78, 5) is 15.1. The van der Waals surface area contributed by atoms with E-state index in [2.05, 4.69) is 4.90 Å². The predicted octanol–water partition coefficient (Wildman–Crippen LogP) is 1.17. The van der Waals surface area contributed by atoms with Crippen LogP contribution < -0.4 is 0 Å². The van der Waals surface area contributed by atoms with Crippen LogP contribution in [-0.2, 0) is 23.1 Å². The highest BCUT2D eigenvalue weighted by Gasteiger charge is 2.36. The Bertz CT molecular complexity index is 886. The summed E-state index contributed by atoms with van der Waals surface area (Å²) in [6, 6.07) is 5.15. The van der Waals surface area contributed by atoms with Gasteiger partial charge in [-0.15, -0.1) is 0 Å². The van der Waals surface area contributed by atoms with E-state index in [-0.39, 0.29) is 17.1 Å². The van der Waals surface area contributed by atoms with E-state index in [4.69, 9.17) is 9.47 Å². The minimum Gasteiger partial charge on any atom is -0.507 e. The van der Waals surface area contributed by atoms with Crippen LogP contribution in [0.4, 0.5) is 0 Å². The van der Waals surface area contributed by atoms with Crippen LogP contribution >= 0.6 is 0 Å². The van der Waals surface area contributed by atoms with Crippen molar-refractivity contribution in [2.24, 2.45) is 7.05 Å². The van der Waals surface area contributed by atoms with E-state index in [1.807, 2.05) is 17.7 Å². The van der Waals surface area contributed by atoms with Gasteiger partial charge in [-0.2, -0.15) is 5.26 Å². The Morgan fingerprint density at radius 1 is 1.40 bits per heavy atom. The van der Waals surface area contributed by atoms with E-state index < -0.39 is 6.10 Å². The number of epoxide rings is 1. The van der Waals surface area contributed by atoms with Crippen LogP contribution in [0.15, 0.2) is 12.1 Å². The van der Waals surface area contributed by atoms with E-state index >= 15 is 0 Å². The molecule has 130 valence electrons. The SMILES string of the molecule is Cn1c(CN2CCOCC2)c(C(=O)C2CO2)c2cc(O)c(C#N)cc21. The van der Waals surface area contributed by atoms with E-state index in [9.17, 15) is 15.2 Å². The normalized spacial score (nSPS) is 20.6. The van der Waals surface area contributed by atoms with Gasteiger partial charge in [0.25, 0.3) is 0 Å². The fraction of sp³-hybridized carbons (Fsp3) is 0.444. The number of aromatic nitrogens is 1. The van der Waals surface area contributed by atoms with E-state index in [1.54, 1.807) is 6.07 Å². The zero-order valence-electron chi connectivity index (χ0n) is 14.0. The van der Waals surface area contributed by atoms with Crippen molar-refractivity contribution in [3.05, 3.63) is 29.0 Å². The largest absolute Gasteiger partial charge is 0.507 e. The number of fused-ring (bicyclic) bond motifs is 1. The van der Waals surface area contributed by atoms with Gasteiger partial charge in [0.05, 0.1) is 36.5 Å². The lowest BCUT2D eigenvalue weighted by molar-refractivity contribution is 0.0332. The molecule has 1 unspecified atom stereocenters. The molecule has 0 bridgehead atoms. The van der Waals surface area contributed by atoms with Crippen LogP contribution in [-0.4, -0.2) is 59.4 Å². The van der Waals surface area contributed by atoms with Gasteiger partial charge in [0.15, 0.2) is 5.78 Å². The summed E-state index contributed by atoms with van der Waals surface area (Å²) in [6.45, 7) is 4.03. The lowest BCUT2D eigenvalue weighted by Gasteiger charge is -2.27. The van der Waals surface area contributed by atoms with Gasteiger partial charge in [-0.25, -0.2) is 0 Å². The second kappa shape index (κ2) is 6.15. The quantitative estimate of drug-likeness (QED) is 0.663. The number of ether oxygens (including phenoxy) is 2. The molecule has 0 aliphatic carbocycles. The third kappa shape index (κ3) is 2.78. The number of phenols is 1. The van der Waals surface area contributed by atoms with Crippen molar-refractivity contribution >= 4 is 16.7 Å². The summed E-state index contributed by atoms with van der Waals surface area (Å²) in [5, 5.41) is 19.9. The Labute approximate surface area is 145 Å². The predicted molar refractivity (Wildman–Crippen MR) is 89.5 cm³/mol. The van der Waals surface area contributed by atoms with Crippen molar-refractivity contribution in [2.45, 2.75) is 12.6 Å². The van der Waals surface area contributed by atoms with Crippen molar-refractivity contribution in [1.82, 2.24) is 9.47 Å². The molecular weight excluding hydrogens is 322 g/mol. The molecule has 0 radical (unpaired) electrons. The van der Waals surface area contributed by atoms with Crippen LogP contribution in [0.25, 0.3) is 10.9 Å². The van der Waals surface area contributed by atoms with Crippen molar-refractivity contribution in [1.29, 1.82) is 5.26 Å². The van der Waals surface area contributed by atoms with Crippen molar-refractivity contribution in [3.63, 3.8) is 0 Å². The first-order valence-electron chi connectivity index (χ1n) is 8.30. The number of rotatable bonds is 4. The molecule has 25 heavy (non-hydrogen) atoms. The molecule has 2 aliphatic heterocycles. The third-order valence-electron chi connectivity index (χ3n) is 4.91. The van der Waals surface area contributed by atoms with Gasteiger partial charge < -0.3 is 19.1 Å². The molecule has 3 heterocycles. The van der Waals surface area contributed by atoms with Crippen LogP contribution in [0.3, 0.4) is 0 Å². The Hall–Kier alpha value is -2.40. The third-order valence-corrected chi connectivity index (χ3v) is 4.91. The highest BCUT2D eigenvalue weighted by atomic mass is 16.6. The number of nitrogens with zero attached hydrogens (tertiary/aromatic N) is 3.